The molecular weight excluding hydrogens is 286 g/mol. The molecule has 2 aromatic heterocycles. The molecule has 2 rings (SSSR count). The molecule has 0 radical (unpaired) electrons. The van der Waals surface area contributed by atoms with Crippen LogP contribution >= 0.6 is 11.3 Å². The molecule has 0 spiro atoms. The monoisotopic (exact) mass is 307 g/mol. The highest BCUT2D eigenvalue weighted by Crippen LogP contribution is 2.15. The first-order chi connectivity index (χ1) is 10.0. The number of nitrogens with zero attached hydrogens (tertiary/aromatic N) is 5. The van der Waals surface area contributed by atoms with Gasteiger partial charge in [-0.3, -0.25) is 4.99 Å². The lowest BCUT2D eigenvalue weighted by molar-refractivity contribution is 0.717. The maximum Gasteiger partial charge on any atom is 0.191 e. The maximum absolute atomic E-state index is 4.50. The summed E-state index contributed by atoms with van der Waals surface area (Å²) in [6, 6.07) is 0. The van der Waals surface area contributed by atoms with Crippen molar-refractivity contribution in [2.24, 2.45) is 12.0 Å². The van der Waals surface area contributed by atoms with Crippen molar-refractivity contribution < 1.29 is 0 Å². The van der Waals surface area contributed by atoms with Crippen LogP contribution in [0.4, 0.5) is 0 Å². The van der Waals surface area contributed by atoms with E-state index >= 15 is 0 Å². The summed E-state index contributed by atoms with van der Waals surface area (Å²) in [7, 11) is 3.69. The molecule has 2 aromatic rings. The molecule has 0 aliphatic carbocycles. The van der Waals surface area contributed by atoms with Gasteiger partial charge in [0.2, 0.25) is 0 Å². The van der Waals surface area contributed by atoms with Crippen molar-refractivity contribution in [1.82, 2.24) is 30.4 Å². The molecule has 2 N–H and O–H groups in total. The van der Waals surface area contributed by atoms with E-state index in [-0.39, 0.29) is 0 Å². The fourth-order valence-electron chi connectivity index (χ4n) is 1.76. The van der Waals surface area contributed by atoms with E-state index in [4.69, 9.17) is 0 Å². The van der Waals surface area contributed by atoms with Crippen LogP contribution in [0.1, 0.15) is 27.2 Å². The Balaban J connectivity index is 1.88. The molecule has 0 atom stereocenters. The number of aryl methyl sites for hydroxylation is 3. The van der Waals surface area contributed by atoms with Crippen LogP contribution in [-0.2, 0) is 20.1 Å². The zero-order valence-corrected chi connectivity index (χ0v) is 13.9. The normalized spacial score (nSPS) is 11.8. The Morgan fingerprint density at radius 1 is 1.19 bits per heavy atom. The van der Waals surface area contributed by atoms with Crippen LogP contribution in [0.3, 0.4) is 0 Å². The zero-order chi connectivity index (χ0) is 15.4. The molecule has 0 aliphatic heterocycles. The first-order valence-corrected chi connectivity index (χ1v) is 7.55. The molecule has 114 valence electrons. The van der Waals surface area contributed by atoms with Crippen LogP contribution < -0.4 is 10.6 Å². The molecule has 2 heterocycles. The Morgan fingerprint density at radius 2 is 1.90 bits per heavy atom. The van der Waals surface area contributed by atoms with Crippen molar-refractivity contribution in [3.63, 3.8) is 0 Å². The molecule has 0 aromatic carbocycles. The number of rotatable bonds is 4. The van der Waals surface area contributed by atoms with Gasteiger partial charge in [-0.2, -0.15) is 0 Å². The summed E-state index contributed by atoms with van der Waals surface area (Å²) in [5.41, 5.74) is 1.09. The van der Waals surface area contributed by atoms with Gasteiger partial charge in [0.25, 0.3) is 0 Å². The minimum atomic E-state index is 0.576. The number of aromatic nitrogens is 4. The fraction of sp³-hybridized carbons (Fsp3) is 0.538. The van der Waals surface area contributed by atoms with Crippen molar-refractivity contribution in [3.05, 3.63) is 27.2 Å². The highest BCUT2D eigenvalue weighted by Gasteiger charge is 2.07. The molecule has 0 aliphatic rings. The van der Waals surface area contributed by atoms with Crippen molar-refractivity contribution in [2.45, 2.75) is 33.9 Å². The van der Waals surface area contributed by atoms with Crippen LogP contribution in [0.5, 0.6) is 0 Å². The molecule has 0 bridgehead atoms. The molecule has 0 amide bonds. The Morgan fingerprint density at radius 3 is 2.43 bits per heavy atom. The third-order valence-corrected chi connectivity index (χ3v) is 4.37. The number of nitrogens with one attached hydrogen (secondary N) is 2. The number of hydrogen-bond acceptors (Lipinski definition) is 5. The molecule has 0 fully saturated rings. The lowest BCUT2D eigenvalue weighted by atomic mass is 10.4. The Bertz CT molecular complexity index is 621. The topological polar surface area (TPSA) is 80.0 Å². The van der Waals surface area contributed by atoms with E-state index in [0.717, 1.165) is 28.3 Å². The second kappa shape index (κ2) is 6.66. The zero-order valence-electron chi connectivity index (χ0n) is 13.1. The largest absolute Gasteiger partial charge is 0.350 e. The molecule has 7 nitrogen and oxygen atoms in total. The smallest absolute Gasteiger partial charge is 0.191 e. The van der Waals surface area contributed by atoms with Gasteiger partial charge in [-0.1, -0.05) is 0 Å². The van der Waals surface area contributed by atoms with Crippen LogP contribution in [0.15, 0.2) is 4.99 Å². The van der Waals surface area contributed by atoms with Gasteiger partial charge in [0.15, 0.2) is 11.8 Å². The van der Waals surface area contributed by atoms with Crippen LogP contribution in [0, 0.1) is 20.8 Å². The summed E-state index contributed by atoms with van der Waals surface area (Å²) in [5, 5.41) is 15.7. The van der Waals surface area contributed by atoms with Crippen molar-refractivity contribution in [2.75, 3.05) is 7.05 Å². The summed E-state index contributed by atoms with van der Waals surface area (Å²) in [4.78, 5) is 9.95. The summed E-state index contributed by atoms with van der Waals surface area (Å²) in [6.45, 7) is 7.28. The number of hydrogen-bond donors (Lipinski definition) is 2. The standard InChI is InChI=1S/C13H21N7S/c1-8-9(2)21-12(17-8)7-16-13(14-4)15-6-11-19-18-10(3)20(11)5/h6-7H2,1-5H3,(H2,14,15,16). The van der Waals surface area contributed by atoms with Crippen LogP contribution in [0.2, 0.25) is 0 Å². The van der Waals surface area contributed by atoms with Gasteiger partial charge in [0.05, 0.1) is 18.8 Å². The summed E-state index contributed by atoms with van der Waals surface area (Å²) in [5.74, 6) is 2.49. The van der Waals surface area contributed by atoms with E-state index in [0.29, 0.717) is 13.1 Å². The van der Waals surface area contributed by atoms with Gasteiger partial charge in [0.1, 0.15) is 10.8 Å². The molecule has 21 heavy (non-hydrogen) atoms. The summed E-state index contributed by atoms with van der Waals surface area (Å²) in [6.07, 6.45) is 0. The minimum Gasteiger partial charge on any atom is -0.350 e. The van der Waals surface area contributed by atoms with Gasteiger partial charge in [0, 0.05) is 19.0 Å². The third kappa shape index (κ3) is 3.78. The average molecular weight is 307 g/mol. The number of guanidine groups is 1. The van der Waals surface area contributed by atoms with E-state index in [2.05, 4.69) is 37.7 Å². The third-order valence-electron chi connectivity index (χ3n) is 3.30. The molecule has 0 saturated carbocycles. The first-order valence-electron chi connectivity index (χ1n) is 6.73. The van der Waals surface area contributed by atoms with E-state index in [1.807, 2.05) is 25.5 Å². The Kier molecular flexibility index (Phi) is 4.89. The quantitative estimate of drug-likeness (QED) is 0.652. The van der Waals surface area contributed by atoms with Crippen LogP contribution in [0.25, 0.3) is 0 Å². The molecule has 0 saturated heterocycles. The summed E-state index contributed by atoms with van der Waals surface area (Å²) < 4.78 is 1.95. The Labute approximate surface area is 128 Å². The van der Waals surface area contributed by atoms with E-state index in [9.17, 15) is 0 Å². The van der Waals surface area contributed by atoms with Gasteiger partial charge in [-0.05, 0) is 20.8 Å². The molecule has 0 unspecified atom stereocenters. The highest BCUT2D eigenvalue weighted by atomic mass is 32.1. The predicted octanol–water partition coefficient (Wildman–Crippen LogP) is 1.06. The minimum absolute atomic E-state index is 0.576. The van der Waals surface area contributed by atoms with Crippen molar-refractivity contribution in [3.8, 4) is 0 Å². The average Bonchev–Trinajstić information content (AvgIpc) is 2.95. The predicted molar refractivity (Wildman–Crippen MR) is 84.4 cm³/mol. The van der Waals surface area contributed by atoms with Crippen molar-refractivity contribution in [1.29, 1.82) is 0 Å². The van der Waals surface area contributed by atoms with Gasteiger partial charge < -0.3 is 15.2 Å². The molecular formula is C13H21N7S. The van der Waals surface area contributed by atoms with E-state index in [1.54, 1.807) is 18.4 Å². The highest BCUT2D eigenvalue weighted by molar-refractivity contribution is 7.11. The lowest BCUT2D eigenvalue weighted by Gasteiger charge is -2.10. The van der Waals surface area contributed by atoms with Crippen molar-refractivity contribution >= 4 is 17.3 Å². The fourth-order valence-corrected chi connectivity index (χ4v) is 2.64. The Hall–Kier alpha value is -1.96. The number of thiazole rings is 1. The van der Waals surface area contributed by atoms with Gasteiger partial charge >= 0.3 is 0 Å². The molecule has 8 heteroatoms. The van der Waals surface area contributed by atoms with Gasteiger partial charge in [-0.15, -0.1) is 21.5 Å². The van der Waals surface area contributed by atoms with Gasteiger partial charge in [-0.25, -0.2) is 4.98 Å². The number of aliphatic imine (C=N–C) groups is 1. The second-order valence-corrected chi connectivity index (χ2v) is 6.04. The lowest BCUT2D eigenvalue weighted by Crippen LogP contribution is -2.36. The maximum atomic E-state index is 4.50. The SMILES string of the molecule is CN=C(NCc1nc(C)c(C)s1)NCc1nnc(C)n1C. The first kappa shape index (κ1) is 15.4. The summed E-state index contributed by atoms with van der Waals surface area (Å²) >= 11 is 1.70. The van der Waals surface area contributed by atoms with Crippen LogP contribution in [-0.4, -0.2) is 32.8 Å². The second-order valence-electron chi connectivity index (χ2n) is 4.75. The van der Waals surface area contributed by atoms with E-state index in [1.165, 1.54) is 4.88 Å². The van der Waals surface area contributed by atoms with E-state index < -0.39 is 0 Å².